The molecule has 1 N–H and O–H groups in total. The SMILES string of the molecule is CCNC(=NCCS(=O)(=O)C(C)(C)C)N1CCC(c2cnn(C)c2)C1.I. The topological polar surface area (TPSA) is 79.6 Å². The summed E-state index contributed by atoms with van der Waals surface area (Å²) < 4.78 is 25.6. The highest BCUT2D eigenvalue weighted by molar-refractivity contribution is 14.0. The Morgan fingerprint density at radius 1 is 1.42 bits per heavy atom. The molecule has 2 rings (SSSR count). The smallest absolute Gasteiger partial charge is 0.193 e. The van der Waals surface area contributed by atoms with Gasteiger partial charge in [-0.25, -0.2) is 8.42 Å². The highest BCUT2D eigenvalue weighted by Gasteiger charge is 2.29. The third-order valence-corrected chi connectivity index (χ3v) is 7.16. The van der Waals surface area contributed by atoms with Crippen LogP contribution in [0.2, 0.25) is 0 Å². The van der Waals surface area contributed by atoms with Crippen molar-refractivity contribution in [2.45, 2.75) is 44.8 Å². The second-order valence-electron chi connectivity index (χ2n) is 7.55. The van der Waals surface area contributed by atoms with Crippen LogP contribution in [0.1, 0.15) is 45.6 Å². The molecule has 1 aromatic heterocycles. The van der Waals surface area contributed by atoms with Crippen LogP contribution in [0.5, 0.6) is 0 Å². The number of aromatic nitrogens is 2. The molecule has 0 aliphatic carbocycles. The first-order valence-electron chi connectivity index (χ1n) is 8.88. The van der Waals surface area contributed by atoms with Gasteiger partial charge in [-0.05, 0) is 39.7 Å². The van der Waals surface area contributed by atoms with Crippen LogP contribution in [0.25, 0.3) is 0 Å². The number of nitrogens with zero attached hydrogens (tertiary/aromatic N) is 4. The van der Waals surface area contributed by atoms with Crippen molar-refractivity contribution in [1.29, 1.82) is 0 Å². The van der Waals surface area contributed by atoms with Crippen LogP contribution < -0.4 is 5.32 Å². The summed E-state index contributed by atoms with van der Waals surface area (Å²) in [5, 5.41) is 7.54. The molecule has 26 heavy (non-hydrogen) atoms. The van der Waals surface area contributed by atoms with E-state index in [1.54, 1.807) is 20.8 Å². The lowest BCUT2D eigenvalue weighted by Gasteiger charge is -2.22. The number of guanidine groups is 1. The predicted octanol–water partition coefficient (Wildman–Crippen LogP) is 2.01. The van der Waals surface area contributed by atoms with Gasteiger partial charge in [0.05, 0.1) is 23.2 Å². The highest BCUT2D eigenvalue weighted by atomic mass is 127. The molecule has 1 atom stereocenters. The molecule has 0 bridgehead atoms. The van der Waals surface area contributed by atoms with Gasteiger partial charge >= 0.3 is 0 Å². The van der Waals surface area contributed by atoms with Crippen molar-refractivity contribution in [3.05, 3.63) is 18.0 Å². The van der Waals surface area contributed by atoms with E-state index in [1.807, 2.05) is 24.9 Å². The molecular formula is C17H32IN5O2S. The van der Waals surface area contributed by atoms with Gasteiger partial charge in [-0.15, -0.1) is 24.0 Å². The van der Waals surface area contributed by atoms with Gasteiger partial charge in [0.25, 0.3) is 0 Å². The van der Waals surface area contributed by atoms with E-state index in [1.165, 1.54) is 5.56 Å². The lowest BCUT2D eigenvalue weighted by Crippen LogP contribution is -2.40. The first-order chi connectivity index (χ1) is 11.6. The third-order valence-electron chi connectivity index (χ3n) is 4.57. The van der Waals surface area contributed by atoms with Crippen molar-refractivity contribution < 1.29 is 8.42 Å². The Balaban J connectivity index is 0.00000338. The van der Waals surface area contributed by atoms with Crippen LogP contribution in [0.3, 0.4) is 0 Å². The zero-order valence-electron chi connectivity index (χ0n) is 16.4. The summed E-state index contributed by atoms with van der Waals surface area (Å²) in [7, 11) is -1.22. The molecule has 1 aliphatic rings. The molecular weight excluding hydrogens is 465 g/mol. The van der Waals surface area contributed by atoms with Gasteiger partial charge in [-0.3, -0.25) is 9.67 Å². The van der Waals surface area contributed by atoms with Crippen molar-refractivity contribution in [2.75, 3.05) is 31.9 Å². The Kier molecular flexibility index (Phi) is 8.37. The highest BCUT2D eigenvalue weighted by Crippen LogP contribution is 2.26. The predicted molar refractivity (Wildman–Crippen MR) is 117 cm³/mol. The van der Waals surface area contributed by atoms with Gasteiger partial charge in [-0.1, -0.05) is 0 Å². The standard InChI is InChI=1S/C17H31N5O2S.HI/c1-6-18-16(19-8-10-25(23,24)17(2,3)4)22-9-7-14(13-22)15-11-20-21(5)12-15;/h11-12,14H,6-10,13H2,1-5H3,(H,18,19);1H. The Morgan fingerprint density at radius 2 is 2.12 bits per heavy atom. The summed E-state index contributed by atoms with van der Waals surface area (Å²) >= 11 is 0. The molecule has 7 nitrogen and oxygen atoms in total. The van der Waals surface area contributed by atoms with Gasteiger partial charge in [0.15, 0.2) is 15.8 Å². The summed E-state index contributed by atoms with van der Waals surface area (Å²) in [5.41, 5.74) is 1.25. The van der Waals surface area contributed by atoms with E-state index in [0.717, 1.165) is 32.0 Å². The fourth-order valence-corrected chi connectivity index (χ4v) is 3.82. The number of rotatable bonds is 5. The Hall–Kier alpha value is -0.840. The summed E-state index contributed by atoms with van der Waals surface area (Å²) in [6, 6.07) is 0. The van der Waals surface area contributed by atoms with Crippen LogP contribution in [-0.4, -0.2) is 65.7 Å². The third kappa shape index (κ3) is 5.83. The van der Waals surface area contributed by atoms with Crippen molar-refractivity contribution in [1.82, 2.24) is 20.0 Å². The number of hydrogen-bond donors (Lipinski definition) is 1. The molecule has 1 aromatic rings. The Labute approximate surface area is 174 Å². The number of halogens is 1. The molecule has 0 saturated carbocycles. The molecule has 1 fully saturated rings. The summed E-state index contributed by atoms with van der Waals surface area (Å²) in [6.45, 7) is 10.1. The molecule has 1 aliphatic heterocycles. The van der Waals surface area contributed by atoms with E-state index in [4.69, 9.17) is 0 Å². The van der Waals surface area contributed by atoms with Crippen LogP contribution >= 0.6 is 24.0 Å². The number of aliphatic imine (C=N–C) groups is 1. The average Bonchev–Trinajstić information content (AvgIpc) is 3.13. The van der Waals surface area contributed by atoms with Crippen LogP contribution in [0.15, 0.2) is 17.4 Å². The fraction of sp³-hybridized carbons (Fsp3) is 0.765. The second-order valence-corrected chi connectivity index (χ2v) is 10.4. The van der Waals surface area contributed by atoms with Crippen LogP contribution in [0, 0.1) is 0 Å². The number of nitrogens with one attached hydrogen (secondary N) is 1. The summed E-state index contributed by atoms with van der Waals surface area (Å²) in [4.78, 5) is 6.77. The summed E-state index contributed by atoms with van der Waals surface area (Å²) in [5.74, 6) is 1.32. The molecule has 0 spiro atoms. The molecule has 150 valence electrons. The van der Waals surface area contributed by atoms with E-state index >= 15 is 0 Å². The Bertz CT molecular complexity index is 709. The zero-order valence-corrected chi connectivity index (χ0v) is 19.5. The van der Waals surface area contributed by atoms with Gasteiger partial charge in [0, 0.05) is 38.8 Å². The maximum absolute atomic E-state index is 12.2. The first-order valence-corrected chi connectivity index (χ1v) is 10.5. The first kappa shape index (κ1) is 23.2. The van der Waals surface area contributed by atoms with Gasteiger partial charge < -0.3 is 10.2 Å². The van der Waals surface area contributed by atoms with Crippen molar-refractivity contribution in [3.63, 3.8) is 0 Å². The molecule has 0 radical (unpaired) electrons. The minimum absolute atomic E-state index is 0. The molecule has 0 aromatic carbocycles. The summed E-state index contributed by atoms with van der Waals surface area (Å²) in [6.07, 6.45) is 5.04. The normalized spacial score (nSPS) is 18.7. The van der Waals surface area contributed by atoms with Crippen LogP contribution in [-0.2, 0) is 16.9 Å². The maximum atomic E-state index is 12.2. The van der Waals surface area contributed by atoms with E-state index in [-0.39, 0.29) is 36.3 Å². The number of aryl methyl sites for hydroxylation is 1. The van der Waals surface area contributed by atoms with E-state index < -0.39 is 14.6 Å². The molecule has 0 amide bonds. The lowest BCUT2D eigenvalue weighted by atomic mass is 10.0. The Morgan fingerprint density at radius 3 is 2.65 bits per heavy atom. The second kappa shape index (κ2) is 9.38. The van der Waals surface area contributed by atoms with E-state index in [2.05, 4.69) is 26.5 Å². The minimum Gasteiger partial charge on any atom is -0.357 e. The van der Waals surface area contributed by atoms with Gasteiger partial charge in [0.1, 0.15) is 0 Å². The zero-order chi connectivity index (χ0) is 18.7. The quantitative estimate of drug-likeness (QED) is 0.383. The van der Waals surface area contributed by atoms with Crippen molar-refractivity contribution in [3.8, 4) is 0 Å². The van der Waals surface area contributed by atoms with Crippen molar-refractivity contribution in [2.24, 2.45) is 12.0 Å². The molecule has 2 heterocycles. The fourth-order valence-electron chi connectivity index (χ4n) is 2.88. The molecule has 1 saturated heterocycles. The van der Waals surface area contributed by atoms with Gasteiger partial charge in [-0.2, -0.15) is 5.10 Å². The molecule has 9 heteroatoms. The maximum Gasteiger partial charge on any atom is 0.193 e. The van der Waals surface area contributed by atoms with E-state index in [0.29, 0.717) is 5.92 Å². The van der Waals surface area contributed by atoms with E-state index in [9.17, 15) is 8.42 Å². The average molecular weight is 497 g/mol. The molecule has 1 unspecified atom stereocenters. The number of sulfone groups is 1. The monoisotopic (exact) mass is 497 g/mol. The van der Waals surface area contributed by atoms with Crippen LogP contribution in [0.4, 0.5) is 0 Å². The number of hydrogen-bond acceptors (Lipinski definition) is 4. The number of likely N-dealkylation sites (tertiary alicyclic amines) is 1. The lowest BCUT2D eigenvalue weighted by molar-refractivity contribution is 0.486. The minimum atomic E-state index is -3.15. The largest absolute Gasteiger partial charge is 0.357 e. The van der Waals surface area contributed by atoms with Crippen molar-refractivity contribution >= 4 is 39.8 Å². The van der Waals surface area contributed by atoms with Gasteiger partial charge in [0.2, 0.25) is 0 Å².